The molecular formula is C19H21BrN4O2. The number of ether oxygens (including phenoxy) is 1. The number of morpholine rings is 1. The molecule has 2 aromatic carbocycles. The molecule has 1 amide bonds. The lowest BCUT2D eigenvalue weighted by molar-refractivity contribution is -0.118. The van der Waals surface area contributed by atoms with E-state index >= 15 is 0 Å². The van der Waals surface area contributed by atoms with Crippen LogP contribution in [0, 0.1) is 0 Å². The smallest absolute Gasteiger partial charge is 0.269 e. The lowest BCUT2D eigenvalue weighted by Crippen LogP contribution is -2.49. The van der Waals surface area contributed by atoms with Gasteiger partial charge in [0.25, 0.3) is 5.91 Å². The number of carbonyl (C=O) groups is 1. The first-order chi connectivity index (χ1) is 12.6. The normalized spacial score (nSPS) is 19.8. The van der Waals surface area contributed by atoms with Gasteiger partial charge in [-0.15, -0.1) is 0 Å². The van der Waals surface area contributed by atoms with Gasteiger partial charge in [-0.05, 0) is 42.5 Å². The number of hydrogen-bond acceptors (Lipinski definition) is 5. The number of fused-ring (bicyclic) bond motifs is 1. The Labute approximate surface area is 161 Å². The highest BCUT2D eigenvalue weighted by Gasteiger charge is 2.30. The van der Waals surface area contributed by atoms with E-state index in [4.69, 9.17) is 4.74 Å². The molecule has 4 rings (SSSR count). The molecule has 1 unspecified atom stereocenters. The van der Waals surface area contributed by atoms with Crippen LogP contribution in [0.25, 0.3) is 0 Å². The SMILES string of the molecule is CN1C(=O)C(Nc2ccc(N3CCOCC3)cc2)Nc2ccc(Br)cc21. The van der Waals surface area contributed by atoms with Crippen LogP contribution in [-0.4, -0.2) is 45.4 Å². The Bertz CT molecular complexity index is 806. The third-order valence-corrected chi connectivity index (χ3v) is 5.25. The number of amides is 1. The van der Waals surface area contributed by atoms with Gasteiger partial charge >= 0.3 is 0 Å². The fraction of sp³-hybridized carbons (Fsp3) is 0.316. The molecular weight excluding hydrogens is 396 g/mol. The maximum Gasteiger partial charge on any atom is 0.269 e. The van der Waals surface area contributed by atoms with Gasteiger partial charge in [0.2, 0.25) is 0 Å². The molecule has 1 saturated heterocycles. The van der Waals surface area contributed by atoms with Crippen molar-refractivity contribution in [2.24, 2.45) is 0 Å². The van der Waals surface area contributed by atoms with E-state index in [-0.39, 0.29) is 5.91 Å². The van der Waals surface area contributed by atoms with E-state index in [9.17, 15) is 4.79 Å². The van der Waals surface area contributed by atoms with Crippen LogP contribution in [0.3, 0.4) is 0 Å². The summed E-state index contributed by atoms with van der Waals surface area (Å²) in [7, 11) is 1.80. The number of likely N-dealkylation sites (N-methyl/N-ethyl adjacent to an activating group) is 1. The maximum atomic E-state index is 12.7. The highest BCUT2D eigenvalue weighted by atomic mass is 79.9. The van der Waals surface area contributed by atoms with Gasteiger partial charge < -0.3 is 25.2 Å². The van der Waals surface area contributed by atoms with Crippen molar-refractivity contribution in [3.63, 3.8) is 0 Å². The molecule has 2 heterocycles. The van der Waals surface area contributed by atoms with Crippen LogP contribution in [0.2, 0.25) is 0 Å². The standard InChI is InChI=1S/C19H21BrN4O2/c1-23-17-12-13(20)2-7-16(17)22-18(19(23)25)21-14-3-5-15(6-4-14)24-8-10-26-11-9-24/h2-7,12,18,21-22H,8-11H2,1H3. The largest absolute Gasteiger partial charge is 0.378 e. The van der Waals surface area contributed by atoms with Crippen molar-refractivity contribution in [2.45, 2.75) is 6.17 Å². The van der Waals surface area contributed by atoms with Gasteiger partial charge in [0.1, 0.15) is 0 Å². The van der Waals surface area contributed by atoms with E-state index in [0.717, 1.165) is 47.8 Å². The minimum absolute atomic E-state index is 0.0205. The van der Waals surface area contributed by atoms with Crippen LogP contribution >= 0.6 is 15.9 Å². The van der Waals surface area contributed by atoms with Gasteiger partial charge in [0, 0.05) is 36.0 Å². The van der Waals surface area contributed by atoms with Crippen molar-refractivity contribution in [1.82, 2.24) is 0 Å². The zero-order chi connectivity index (χ0) is 18.1. The quantitative estimate of drug-likeness (QED) is 0.804. The van der Waals surface area contributed by atoms with Crippen molar-refractivity contribution in [2.75, 3.05) is 53.8 Å². The molecule has 1 atom stereocenters. The van der Waals surface area contributed by atoms with Gasteiger partial charge in [0.05, 0.1) is 24.6 Å². The van der Waals surface area contributed by atoms with Crippen molar-refractivity contribution in [3.8, 4) is 0 Å². The van der Waals surface area contributed by atoms with Gasteiger partial charge in [-0.25, -0.2) is 0 Å². The molecule has 0 bridgehead atoms. The Kier molecular flexibility index (Phi) is 4.74. The van der Waals surface area contributed by atoms with Crippen molar-refractivity contribution in [1.29, 1.82) is 0 Å². The number of carbonyl (C=O) groups excluding carboxylic acids is 1. The molecule has 0 radical (unpaired) electrons. The molecule has 26 heavy (non-hydrogen) atoms. The zero-order valence-corrected chi connectivity index (χ0v) is 16.1. The van der Waals surface area contributed by atoms with E-state index in [1.807, 2.05) is 30.3 Å². The van der Waals surface area contributed by atoms with Crippen molar-refractivity contribution < 1.29 is 9.53 Å². The first kappa shape index (κ1) is 17.2. The molecule has 2 aliphatic rings. The summed E-state index contributed by atoms with van der Waals surface area (Å²) in [6.07, 6.45) is -0.497. The second-order valence-electron chi connectivity index (χ2n) is 6.43. The fourth-order valence-corrected chi connectivity index (χ4v) is 3.64. The lowest BCUT2D eigenvalue weighted by atomic mass is 10.1. The highest BCUT2D eigenvalue weighted by molar-refractivity contribution is 9.10. The molecule has 1 fully saturated rings. The van der Waals surface area contributed by atoms with Gasteiger partial charge in [-0.3, -0.25) is 4.79 Å². The molecule has 2 N–H and O–H groups in total. The maximum absolute atomic E-state index is 12.7. The fourth-order valence-electron chi connectivity index (χ4n) is 3.29. The van der Waals surface area contributed by atoms with Crippen LogP contribution in [0.5, 0.6) is 0 Å². The zero-order valence-electron chi connectivity index (χ0n) is 14.5. The van der Waals surface area contributed by atoms with E-state index in [2.05, 4.69) is 43.6 Å². The Hall–Kier alpha value is -2.25. The number of benzene rings is 2. The van der Waals surface area contributed by atoms with E-state index < -0.39 is 6.17 Å². The molecule has 2 aliphatic heterocycles. The Morgan fingerprint density at radius 1 is 1.15 bits per heavy atom. The molecule has 2 aromatic rings. The van der Waals surface area contributed by atoms with Crippen LogP contribution < -0.4 is 20.4 Å². The van der Waals surface area contributed by atoms with Crippen LogP contribution in [-0.2, 0) is 9.53 Å². The second-order valence-corrected chi connectivity index (χ2v) is 7.34. The van der Waals surface area contributed by atoms with E-state index in [1.54, 1.807) is 11.9 Å². The summed E-state index contributed by atoms with van der Waals surface area (Å²) < 4.78 is 6.34. The predicted octanol–water partition coefficient (Wildman–Crippen LogP) is 3.11. The van der Waals surface area contributed by atoms with E-state index in [0.29, 0.717) is 0 Å². The minimum atomic E-state index is -0.497. The van der Waals surface area contributed by atoms with E-state index in [1.165, 1.54) is 5.69 Å². The molecule has 0 saturated carbocycles. The van der Waals surface area contributed by atoms with Crippen molar-refractivity contribution in [3.05, 3.63) is 46.9 Å². The summed E-state index contributed by atoms with van der Waals surface area (Å²) in [5.74, 6) is -0.0205. The van der Waals surface area contributed by atoms with Crippen LogP contribution in [0.15, 0.2) is 46.9 Å². The molecule has 6 nitrogen and oxygen atoms in total. The summed E-state index contributed by atoms with van der Waals surface area (Å²) in [5, 5.41) is 6.57. The van der Waals surface area contributed by atoms with Gasteiger partial charge in [-0.2, -0.15) is 0 Å². The molecule has 7 heteroatoms. The number of hydrogen-bond donors (Lipinski definition) is 2. The Morgan fingerprint density at radius 2 is 1.88 bits per heavy atom. The predicted molar refractivity (Wildman–Crippen MR) is 108 cm³/mol. The lowest BCUT2D eigenvalue weighted by Gasteiger charge is -2.34. The third kappa shape index (κ3) is 3.37. The third-order valence-electron chi connectivity index (χ3n) is 4.75. The Balaban J connectivity index is 1.48. The average molecular weight is 417 g/mol. The summed E-state index contributed by atoms with van der Waals surface area (Å²) in [5.41, 5.74) is 3.87. The number of nitrogens with one attached hydrogen (secondary N) is 2. The monoisotopic (exact) mass is 416 g/mol. The van der Waals surface area contributed by atoms with Crippen LogP contribution in [0.1, 0.15) is 0 Å². The summed E-state index contributed by atoms with van der Waals surface area (Å²) in [6.45, 7) is 3.35. The molecule has 0 aliphatic carbocycles. The summed E-state index contributed by atoms with van der Waals surface area (Å²) >= 11 is 3.45. The molecule has 0 spiro atoms. The number of nitrogens with zero attached hydrogens (tertiary/aromatic N) is 2. The number of halogens is 1. The number of anilines is 4. The van der Waals surface area contributed by atoms with Gasteiger partial charge in [0.15, 0.2) is 6.17 Å². The summed E-state index contributed by atoms with van der Waals surface area (Å²) in [6, 6.07) is 14.1. The Morgan fingerprint density at radius 3 is 2.62 bits per heavy atom. The van der Waals surface area contributed by atoms with Crippen molar-refractivity contribution >= 4 is 44.6 Å². The first-order valence-electron chi connectivity index (χ1n) is 8.65. The minimum Gasteiger partial charge on any atom is -0.378 e. The number of rotatable bonds is 3. The highest BCUT2D eigenvalue weighted by Crippen LogP contribution is 2.33. The van der Waals surface area contributed by atoms with Gasteiger partial charge in [-0.1, -0.05) is 15.9 Å². The van der Waals surface area contributed by atoms with Crippen LogP contribution in [0.4, 0.5) is 22.7 Å². The topological polar surface area (TPSA) is 56.8 Å². The average Bonchev–Trinajstić information content (AvgIpc) is 2.68. The molecule has 0 aromatic heterocycles. The second kappa shape index (κ2) is 7.17. The first-order valence-corrected chi connectivity index (χ1v) is 9.44. The molecule has 136 valence electrons. The summed E-state index contributed by atoms with van der Waals surface area (Å²) in [4.78, 5) is 16.7.